The number of amides is 2. The number of anilines is 1. The van der Waals surface area contributed by atoms with Crippen molar-refractivity contribution >= 4 is 39.1 Å². The van der Waals surface area contributed by atoms with E-state index in [4.69, 9.17) is 25.8 Å². The van der Waals surface area contributed by atoms with E-state index in [9.17, 15) is 18.0 Å². The molecule has 0 bridgehead atoms. The van der Waals surface area contributed by atoms with Gasteiger partial charge in [-0.2, -0.15) is 0 Å². The van der Waals surface area contributed by atoms with E-state index in [2.05, 4.69) is 5.32 Å². The van der Waals surface area contributed by atoms with Gasteiger partial charge in [-0.25, -0.2) is 8.42 Å². The summed E-state index contributed by atoms with van der Waals surface area (Å²) in [7, 11) is -0.243. The number of nitrogens with one attached hydrogen (secondary N) is 1. The lowest BCUT2D eigenvalue weighted by atomic mass is 10.0. The number of hydrogen-bond donors (Lipinski definition) is 1. The molecule has 0 unspecified atom stereocenters. The van der Waals surface area contributed by atoms with Crippen molar-refractivity contribution < 1.29 is 32.2 Å². The van der Waals surface area contributed by atoms with E-state index >= 15 is 0 Å². The monoisotopic (exact) mass is 707 g/mol. The van der Waals surface area contributed by atoms with Crippen LogP contribution in [-0.4, -0.2) is 65.6 Å². The Bertz CT molecular complexity index is 1820. The Morgan fingerprint density at radius 2 is 1.37 bits per heavy atom. The molecular formula is C37H42ClN3O7S. The highest BCUT2D eigenvalue weighted by Crippen LogP contribution is 2.37. The van der Waals surface area contributed by atoms with Crippen molar-refractivity contribution in [3.63, 3.8) is 0 Å². The third kappa shape index (κ3) is 9.45. The zero-order valence-corrected chi connectivity index (χ0v) is 29.8. The fourth-order valence-corrected chi connectivity index (χ4v) is 6.83. The van der Waals surface area contributed by atoms with Crippen LogP contribution in [0.15, 0.2) is 102 Å². The highest BCUT2D eigenvalue weighted by molar-refractivity contribution is 7.92. The summed E-state index contributed by atoms with van der Waals surface area (Å²) in [6.07, 6.45) is 0.201. The van der Waals surface area contributed by atoms with Gasteiger partial charge in [-0.1, -0.05) is 86.1 Å². The first-order chi connectivity index (χ1) is 23.5. The molecule has 4 rings (SSSR count). The van der Waals surface area contributed by atoms with Crippen LogP contribution in [0.2, 0.25) is 5.02 Å². The number of carbonyl (C=O) groups is 2. The van der Waals surface area contributed by atoms with E-state index in [1.54, 1.807) is 6.07 Å². The quantitative estimate of drug-likeness (QED) is 0.153. The first-order valence-electron chi connectivity index (χ1n) is 15.7. The number of rotatable bonds is 16. The summed E-state index contributed by atoms with van der Waals surface area (Å²) in [5, 5.41) is 3.21. The van der Waals surface area contributed by atoms with E-state index in [-0.39, 0.29) is 51.9 Å². The van der Waals surface area contributed by atoms with Gasteiger partial charge < -0.3 is 24.4 Å². The Kier molecular flexibility index (Phi) is 12.9. The predicted octanol–water partition coefficient (Wildman–Crippen LogP) is 5.97. The smallest absolute Gasteiger partial charge is 0.265 e. The van der Waals surface area contributed by atoms with Crippen LogP contribution in [0.1, 0.15) is 25.0 Å². The standard InChI is InChI=1S/C37H42ClN3O7S/c1-26(2)23-39-37(43)32(20-27-12-8-6-9-13-27)40(24-28-14-10-7-11-15-28)36(42)25-41(31-21-29(38)16-18-33(31)46-3)49(44,45)30-17-19-34(47-4)35(22-30)48-5/h6-19,21-22,26,32H,20,23-25H2,1-5H3,(H,39,43)/t32-/m0/s1. The molecule has 0 heterocycles. The number of hydrogen-bond acceptors (Lipinski definition) is 7. The first kappa shape index (κ1) is 37.1. The largest absolute Gasteiger partial charge is 0.495 e. The Balaban J connectivity index is 1.86. The highest BCUT2D eigenvalue weighted by atomic mass is 35.5. The molecular weight excluding hydrogens is 666 g/mol. The fraction of sp³-hybridized carbons (Fsp3) is 0.297. The minimum atomic E-state index is -4.48. The van der Waals surface area contributed by atoms with Crippen LogP contribution < -0.4 is 23.8 Å². The highest BCUT2D eigenvalue weighted by Gasteiger charge is 2.36. The number of methoxy groups -OCH3 is 3. The molecule has 0 aliphatic rings. The molecule has 0 aromatic heterocycles. The van der Waals surface area contributed by atoms with Crippen molar-refractivity contribution in [2.45, 2.75) is 37.8 Å². The van der Waals surface area contributed by atoms with Crippen LogP contribution in [0, 0.1) is 5.92 Å². The van der Waals surface area contributed by atoms with E-state index in [1.165, 1.54) is 56.6 Å². The molecule has 10 nitrogen and oxygen atoms in total. The Hall–Kier alpha value is -4.74. The average Bonchev–Trinajstić information content (AvgIpc) is 3.11. The number of halogens is 1. The topological polar surface area (TPSA) is 114 Å². The Morgan fingerprint density at radius 3 is 1.96 bits per heavy atom. The molecule has 4 aromatic carbocycles. The van der Waals surface area contributed by atoms with E-state index < -0.39 is 28.5 Å². The maximum absolute atomic E-state index is 14.7. The molecule has 0 aliphatic heterocycles. The number of benzene rings is 4. The van der Waals surface area contributed by atoms with Crippen molar-refractivity contribution in [3.8, 4) is 17.2 Å². The van der Waals surface area contributed by atoms with Gasteiger partial charge in [-0.3, -0.25) is 13.9 Å². The van der Waals surface area contributed by atoms with Gasteiger partial charge in [0.1, 0.15) is 18.3 Å². The number of ether oxygens (including phenoxy) is 3. The van der Waals surface area contributed by atoms with Crippen LogP contribution >= 0.6 is 11.6 Å². The molecule has 0 saturated carbocycles. The Labute approximate surface area is 293 Å². The molecule has 260 valence electrons. The van der Waals surface area contributed by atoms with Crippen molar-refractivity contribution in [2.24, 2.45) is 5.92 Å². The van der Waals surface area contributed by atoms with Gasteiger partial charge >= 0.3 is 0 Å². The maximum atomic E-state index is 14.7. The molecule has 1 N–H and O–H groups in total. The lowest BCUT2D eigenvalue weighted by Gasteiger charge is -2.34. The summed E-state index contributed by atoms with van der Waals surface area (Å²) in [5.74, 6) is -0.117. The SMILES string of the molecule is COc1ccc(S(=O)(=O)N(CC(=O)N(Cc2ccccc2)[C@@H](Cc2ccccc2)C(=O)NCC(C)C)c2cc(Cl)ccc2OC)cc1OC. The maximum Gasteiger partial charge on any atom is 0.265 e. The van der Waals surface area contributed by atoms with Crippen LogP contribution in [0.4, 0.5) is 5.69 Å². The predicted molar refractivity (Wildman–Crippen MR) is 191 cm³/mol. The van der Waals surface area contributed by atoms with Crippen molar-refractivity contribution in [1.29, 1.82) is 0 Å². The van der Waals surface area contributed by atoms with Crippen LogP contribution in [0.3, 0.4) is 0 Å². The number of carbonyl (C=O) groups excluding carboxylic acids is 2. The normalized spacial score (nSPS) is 11.8. The summed E-state index contributed by atoms with van der Waals surface area (Å²) in [5.41, 5.74) is 1.64. The second-order valence-electron chi connectivity index (χ2n) is 11.7. The van der Waals surface area contributed by atoms with Gasteiger partial charge in [-0.05, 0) is 47.4 Å². The molecule has 4 aromatic rings. The minimum Gasteiger partial charge on any atom is -0.495 e. The lowest BCUT2D eigenvalue weighted by molar-refractivity contribution is -0.140. The molecule has 1 atom stereocenters. The van der Waals surface area contributed by atoms with Gasteiger partial charge in [0, 0.05) is 30.6 Å². The van der Waals surface area contributed by atoms with Gasteiger partial charge in [0.05, 0.1) is 31.9 Å². The van der Waals surface area contributed by atoms with Crippen LogP contribution in [0.25, 0.3) is 0 Å². The van der Waals surface area contributed by atoms with E-state index in [0.717, 1.165) is 15.4 Å². The Morgan fingerprint density at radius 1 is 0.776 bits per heavy atom. The summed E-state index contributed by atoms with van der Waals surface area (Å²) < 4.78 is 46.3. The second-order valence-corrected chi connectivity index (χ2v) is 14.0. The second kappa shape index (κ2) is 17.1. The summed E-state index contributed by atoms with van der Waals surface area (Å²) in [6, 6.07) is 26.3. The van der Waals surface area contributed by atoms with Gasteiger partial charge in [0.15, 0.2) is 11.5 Å². The molecule has 0 saturated heterocycles. The molecule has 0 aliphatic carbocycles. The van der Waals surface area contributed by atoms with E-state index in [0.29, 0.717) is 12.3 Å². The summed E-state index contributed by atoms with van der Waals surface area (Å²) in [6.45, 7) is 3.73. The van der Waals surface area contributed by atoms with Crippen molar-refractivity contribution in [1.82, 2.24) is 10.2 Å². The van der Waals surface area contributed by atoms with Gasteiger partial charge in [0.2, 0.25) is 11.8 Å². The van der Waals surface area contributed by atoms with Crippen molar-refractivity contribution in [2.75, 3.05) is 38.7 Å². The zero-order chi connectivity index (χ0) is 35.6. The third-order valence-electron chi connectivity index (χ3n) is 7.78. The van der Waals surface area contributed by atoms with Gasteiger partial charge in [-0.15, -0.1) is 0 Å². The molecule has 12 heteroatoms. The molecule has 2 amide bonds. The van der Waals surface area contributed by atoms with Crippen LogP contribution in [-0.2, 0) is 32.6 Å². The first-order valence-corrected chi connectivity index (χ1v) is 17.5. The van der Waals surface area contributed by atoms with Crippen LogP contribution in [0.5, 0.6) is 17.2 Å². The molecule has 0 fully saturated rings. The summed E-state index contributed by atoms with van der Waals surface area (Å²) in [4.78, 5) is 29.9. The minimum absolute atomic E-state index is 0.0432. The fourth-order valence-electron chi connectivity index (χ4n) is 5.23. The molecule has 0 radical (unpaired) electrons. The molecule has 49 heavy (non-hydrogen) atoms. The average molecular weight is 708 g/mol. The van der Waals surface area contributed by atoms with Crippen molar-refractivity contribution in [3.05, 3.63) is 113 Å². The molecule has 0 spiro atoms. The summed E-state index contributed by atoms with van der Waals surface area (Å²) >= 11 is 6.39. The number of sulfonamides is 1. The third-order valence-corrected chi connectivity index (χ3v) is 9.77. The number of nitrogens with zero attached hydrogens (tertiary/aromatic N) is 2. The zero-order valence-electron chi connectivity index (χ0n) is 28.3. The van der Waals surface area contributed by atoms with Gasteiger partial charge in [0.25, 0.3) is 10.0 Å². The lowest BCUT2D eigenvalue weighted by Crippen LogP contribution is -2.53. The van der Waals surface area contributed by atoms with E-state index in [1.807, 2.05) is 74.5 Å².